The van der Waals surface area contributed by atoms with E-state index in [-0.39, 0.29) is 0 Å². The van der Waals surface area contributed by atoms with Crippen LogP contribution in [-0.2, 0) is 22.6 Å². The fraction of sp³-hybridized carbons (Fsp3) is 0.526. The highest BCUT2D eigenvalue weighted by atomic mass is 32.1. The standard InChI is InChI=1S/C19H25N3O2S/c1-3-15(19(21-7-1)22-8-11-23-12-9-22)13-20-14-16-5-6-18(25-16)17-4-2-10-24-17/h1,3,5-7,17,20H,2,4,8-14H2. The van der Waals surface area contributed by atoms with Crippen molar-refractivity contribution in [2.45, 2.75) is 32.0 Å². The summed E-state index contributed by atoms with van der Waals surface area (Å²) < 4.78 is 11.2. The zero-order chi connectivity index (χ0) is 16.9. The number of nitrogens with one attached hydrogen (secondary N) is 1. The second-order valence-electron chi connectivity index (χ2n) is 6.49. The van der Waals surface area contributed by atoms with Gasteiger partial charge in [0.25, 0.3) is 0 Å². The van der Waals surface area contributed by atoms with Gasteiger partial charge in [-0.3, -0.25) is 0 Å². The first-order valence-electron chi connectivity index (χ1n) is 9.08. The first kappa shape index (κ1) is 17.0. The third-order valence-corrected chi connectivity index (χ3v) is 5.90. The van der Waals surface area contributed by atoms with E-state index in [1.165, 1.54) is 21.7 Å². The molecule has 0 amide bonds. The Labute approximate surface area is 153 Å². The average molecular weight is 359 g/mol. The SMILES string of the molecule is c1cnc(N2CCOCC2)c(CNCc2ccc(C3CCCO3)s2)c1. The second-order valence-corrected chi connectivity index (χ2v) is 7.69. The van der Waals surface area contributed by atoms with E-state index < -0.39 is 0 Å². The first-order chi connectivity index (χ1) is 12.4. The summed E-state index contributed by atoms with van der Waals surface area (Å²) in [6.45, 7) is 6.01. The molecule has 0 radical (unpaired) electrons. The van der Waals surface area contributed by atoms with E-state index in [1.54, 1.807) is 0 Å². The number of anilines is 1. The zero-order valence-corrected chi connectivity index (χ0v) is 15.3. The molecule has 0 bridgehead atoms. The van der Waals surface area contributed by atoms with Gasteiger partial charge in [-0.2, -0.15) is 0 Å². The van der Waals surface area contributed by atoms with Crippen molar-refractivity contribution in [1.82, 2.24) is 10.3 Å². The van der Waals surface area contributed by atoms with Gasteiger partial charge >= 0.3 is 0 Å². The molecule has 6 heteroatoms. The topological polar surface area (TPSA) is 46.6 Å². The minimum atomic E-state index is 0.324. The fourth-order valence-corrected chi connectivity index (χ4v) is 4.48. The highest BCUT2D eigenvalue weighted by Gasteiger charge is 2.19. The monoisotopic (exact) mass is 359 g/mol. The van der Waals surface area contributed by atoms with E-state index >= 15 is 0 Å². The summed E-state index contributed by atoms with van der Waals surface area (Å²) in [5, 5.41) is 3.57. The second kappa shape index (κ2) is 8.27. The number of nitrogens with zero attached hydrogens (tertiary/aromatic N) is 2. The molecule has 2 aromatic heterocycles. The van der Waals surface area contributed by atoms with E-state index in [4.69, 9.17) is 9.47 Å². The predicted octanol–water partition coefficient (Wildman–Crippen LogP) is 3.12. The fourth-order valence-electron chi connectivity index (χ4n) is 3.41. The van der Waals surface area contributed by atoms with Crippen LogP contribution >= 0.6 is 11.3 Å². The summed E-state index contributed by atoms with van der Waals surface area (Å²) in [6.07, 6.45) is 4.54. The van der Waals surface area contributed by atoms with Gasteiger partial charge in [0.1, 0.15) is 5.82 Å². The van der Waals surface area contributed by atoms with E-state index in [1.807, 2.05) is 23.6 Å². The van der Waals surface area contributed by atoms with Crippen LogP contribution in [0.1, 0.15) is 34.3 Å². The summed E-state index contributed by atoms with van der Waals surface area (Å²) >= 11 is 1.87. The van der Waals surface area contributed by atoms with Gasteiger partial charge in [-0.05, 0) is 31.0 Å². The Bertz CT molecular complexity index is 679. The van der Waals surface area contributed by atoms with E-state index in [0.29, 0.717) is 6.10 Å². The quantitative estimate of drug-likeness (QED) is 0.859. The molecular formula is C19H25N3O2S. The van der Waals surface area contributed by atoms with E-state index in [9.17, 15) is 0 Å². The van der Waals surface area contributed by atoms with Crippen LogP contribution in [-0.4, -0.2) is 37.9 Å². The highest BCUT2D eigenvalue weighted by molar-refractivity contribution is 7.12. The van der Waals surface area contributed by atoms with Crippen LogP contribution < -0.4 is 10.2 Å². The number of rotatable bonds is 6. The molecule has 0 spiro atoms. The van der Waals surface area contributed by atoms with Crippen LogP contribution in [0, 0.1) is 0 Å². The average Bonchev–Trinajstić information content (AvgIpc) is 3.35. The third kappa shape index (κ3) is 4.20. The maximum absolute atomic E-state index is 5.78. The third-order valence-electron chi connectivity index (χ3n) is 4.72. The van der Waals surface area contributed by atoms with E-state index in [2.05, 4.69) is 33.4 Å². The normalized spacial score (nSPS) is 21.0. The van der Waals surface area contributed by atoms with Crippen LogP contribution in [0.25, 0.3) is 0 Å². The maximum atomic E-state index is 5.78. The predicted molar refractivity (Wildman–Crippen MR) is 100 cm³/mol. The van der Waals surface area contributed by atoms with Gasteiger partial charge < -0.3 is 19.7 Å². The van der Waals surface area contributed by atoms with Crippen molar-refractivity contribution < 1.29 is 9.47 Å². The molecule has 1 atom stereocenters. The van der Waals surface area contributed by atoms with Crippen LogP contribution in [0.2, 0.25) is 0 Å². The van der Waals surface area contributed by atoms with Crippen LogP contribution in [0.3, 0.4) is 0 Å². The molecular weight excluding hydrogens is 334 g/mol. The Morgan fingerprint density at radius 3 is 2.92 bits per heavy atom. The molecule has 4 heterocycles. The lowest BCUT2D eigenvalue weighted by molar-refractivity contribution is 0.114. The van der Waals surface area contributed by atoms with Crippen molar-refractivity contribution >= 4 is 17.2 Å². The van der Waals surface area contributed by atoms with Gasteiger partial charge in [-0.1, -0.05) is 6.07 Å². The van der Waals surface area contributed by atoms with Gasteiger partial charge in [-0.25, -0.2) is 4.98 Å². The number of hydrogen-bond acceptors (Lipinski definition) is 6. The van der Waals surface area contributed by atoms with Crippen molar-refractivity contribution in [3.8, 4) is 0 Å². The lowest BCUT2D eigenvalue weighted by Gasteiger charge is -2.29. The van der Waals surface area contributed by atoms with E-state index in [0.717, 1.165) is 58.2 Å². The molecule has 5 nitrogen and oxygen atoms in total. The Morgan fingerprint density at radius 2 is 2.08 bits per heavy atom. The molecule has 4 rings (SSSR count). The van der Waals surface area contributed by atoms with Crippen molar-refractivity contribution in [2.75, 3.05) is 37.8 Å². The van der Waals surface area contributed by atoms with Gasteiger partial charge in [-0.15, -0.1) is 11.3 Å². The molecule has 134 valence electrons. The Morgan fingerprint density at radius 1 is 1.16 bits per heavy atom. The molecule has 2 saturated heterocycles. The van der Waals surface area contributed by atoms with Gasteiger partial charge in [0.15, 0.2) is 0 Å². The summed E-state index contributed by atoms with van der Waals surface area (Å²) in [6, 6.07) is 8.63. The van der Waals surface area contributed by atoms with Crippen LogP contribution in [0.5, 0.6) is 0 Å². The van der Waals surface area contributed by atoms with Crippen molar-refractivity contribution in [3.05, 3.63) is 45.8 Å². The number of hydrogen-bond donors (Lipinski definition) is 1. The van der Waals surface area contributed by atoms with Crippen molar-refractivity contribution in [1.29, 1.82) is 0 Å². The number of ether oxygens (including phenoxy) is 2. The lowest BCUT2D eigenvalue weighted by atomic mass is 10.2. The summed E-state index contributed by atoms with van der Waals surface area (Å²) in [4.78, 5) is 9.65. The van der Waals surface area contributed by atoms with Gasteiger partial charge in [0.05, 0.1) is 19.3 Å². The van der Waals surface area contributed by atoms with Crippen molar-refractivity contribution in [2.24, 2.45) is 0 Å². The molecule has 1 N–H and O–H groups in total. The smallest absolute Gasteiger partial charge is 0.133 e. The highest BCUT2D eigenvalue weighted by Crippen LogP contribution is 2.33. The summed E-state index contributed by atoms with van der Waals surface area (Å²) in [5.74, 6) is 1.09. The zero-order valence-electron chi connectivity index (χ0n) is 14.4. The van der Waals surface area contributed by atoms with Crippen molar-refractivity contribution in [3.63, 3.8) is 0 Å². The molecule has 2 aliphatic rings. The molecule has 2 aliphatic heterocycles. The Hall–Kier alpha value is -1.47. The summed E-state index contributed by atoms with van der Waals surface area (Å²) in [7, 11) is 0. The minimum absolute atomic E-state index is 0.324. The molecule has 0 saturated carbocycles. The maximum Gasteiger partial charge on any atom is 0.133 e. The summed E-state index contributed by atoms with van der Waals surface area (Å²) in [5.41, 5.74) is 1.25. The lowest BCUT2D eigenvalue weighted by Crippen LogP contribution is -2.37. The minimum Gasteiger partial charge on any atom is -0.378 e. The van der Waals surface area contributed by atoms with Crippen LogP contribution in [0.4, 0.5) is 5.82 Å². The first-order valence-corrected chi connectivity index (χ1v) is 9.89. The molecule has 2 aromatic rings. The Balaban J connectivity index is 1.34. The molecule has 0 aromatic carbocycles. The molecule has 1 unspecified atom stereocenters. The molecule has 0 aliphatic carbocycles. The molecule has 2 fully saturated rings. The number of pyridine rings is 1. The molecule has 25 heavy (non-hydrogen) atoms. The van der Waals surface area contributed by atoms with Gasteiger partial charge in [0, 0.05) is 54.3 Å². The Kier molecular flexibility index (Phi) is 5.62. The number of aromatic nitrogens is 1. The largest absolute Gasteiger partial charge is 0.378 e. The number of thiophene rings is 1. The van der Waals surface area contributed by atoms with Crippen LogP contribution in [0.15, 0.2) is 30.5 Å². The number of morpholine rings is 1. The van der Waals surface area contributed by atoms with Gasteiger partial charge in [0.2, 0.25) is 0 Å².